The van der Waals surface area contributed by atoms with E-state index in [0.29, 0.717) is 24.2 Å². The summed E-state index contributed by atoms with van der Waals surface area (Å²) < 4.78 is 6.03. The Morgan fingerprint density at radius 3 is 2.95 bits per heavy atom. The van der Waals surface area contributed by atoms with E-state index in [1.165, 1.54) is 17.5 Å². The van der Waals surface area contributed by atoms with Crippen LogP contribution in [0.25, 0.3) is 0 Å². The molecule has 1 heterocycles. The molecule has 21 heavy (non-hydrogen) atoms. The van der Waals surface area contributed by atoms with E-state index in [1.807, 2.05) is 0 Å². The predicted octanol–water partition coefficient (Wildman–Crippen LogP) is 3.41. The molecule has 2 aliphatic rings. The molecule has 114 valence electrons. The van der Waals surface area contributed by atoms with Gasteiger partial charge in [-0.25, -0.2) is 0 Å². The second-order valence-electron chi connectivity index (χ2n) is 7.35. The van der Waals surface area contributed by atoms with Crippen LogP contribution in [-0.4, -0.2) is 11.5 Å². The van der Waals surface area contributed by atoms with Crippen molar-refractivity contribution in [3.63, 3.8) is 0 Å². The molecule has 3 atom stereocenters. The Bertz CT molecular complexity index is 564. The molecule has 1 fully saturated rings. The number of ether oxygens (including phenoxy) is 1. The lowest BCUT2D eigenvalue weighted by Gasteiger charge is -2.16. The topological polar surface area (TPSA) is 52.3 Å². The van der Waals surface area contributed by atoms with E-state index in [0.717, 1.165) is 18.6 Å². The summed E-state index contributed by atoms with van der Waals surface area (Å²) in [6.07, 6.45) is 3.65. The van der Waals surface area contributed by atoms with Crippen LogP contribution in [0.5, 0.6) is 5.75 Å². The number of hydrogen-bond donors (Lipinski definition) is 1. The van der Waals surface area contributed by atoms with Crippen LogP contribution in [0.3, 0.4) is 0 Å². The van der Waals surface area contributed by atoms with Crippen molar-refractivity contribution in [2.24, 2.45) is 17.6 Å². The van der Waals surface area contributed by atoms with E-state index >= 15 is 0 Å². The SMILES string of the molecule is CC(CCC(N)=O)C1CC1c1cccc2c1CC(C)(C)O2. The summed E-state index contributed by atoms with van der Waals surface area (Å²) in [5.41, 5.74) is 8.04. The van der Waals surface area contributed by atoms with Gasteiger partial charge >= 0.3 is 0 Å². The smallest absolute Gasteiger partial charge is 0.217 e. The van der Waals surface area contributed by atoms with Crippen molar-refractivity contribution in [3.8, 4) is 5.75 Å². The maximum absolute atomic E-state index is 10.9. The Hall–Kier alpha value is -1.51. The van der Waals surface area contributed by atoms with Crippen molar-refractivity contribution in [1.82, 2.24) is 0 Å². The molecule has 0 radical (unpaired) electrons. The number of rotatable bonds is 5. The summed E-state index contributed by atoms with van der Waals surface area (Å²) in [6, 6.07) is 6.45. The van der Waals surface area contributed by atoms with Gasteiger partial charge in [-0.1, -0.05) is 19.1 Å². The zero-order valence-electron chi connectivity index (χ0n) is 13.2. The van der Waals surface area contributed by atoms with E-state index in [4.69, 9.17) is 10.5 Å². The fraction of sp³-hybridized carbons (Fsp3) is 0.611. The molecule has 1 amide bonds. The van der Waals surface area contributed by atoms with Gasteiger partial charge in [0.05, 0.1) is 0 Å². The Kier molecular flexibility index (Phi) is 3.46. The minimum absolute atomic E-state index is 0.0829. The average molecular weight is 287 g/mol. The molecule has 1 aromatic rings. The molecular weight excluding hydrogens is 262 g/mol. The molecule has 3 nitrogen and oxygen atoms in total. The first-order valence-electron chi connectivity index (χ1n) is 7.96. The highest BCUT2D eigenvalue weighted by molar-refractivity contribution is 5.73. The highest BCUT2D eigenvalue weighted by Crippen LogP contribution is 2.55. The van der Waals surface area contributed by atoms with E-state index in [2.05, 4.69) is 39.0 Å². The second kappa shape index (κ2) is 5.04. The molecular formula is C18H25NO2. The molecule has 3 unspecified atom stereocenters. The van der Waals surface area contributed by atoms with Crippen LogP contribution in [0.15, 0.2) is 18.2 Å². The number of nitrogens with two attached hydrogens (primary N) is 1. The highest BCUT2D eigenvalue weighted by atomic mass is 16.5. The van der Waals surface area contributed by atoms with Gasteiger partial charge in [-0.2, -0.15) is 0 Å². The number of primary amides is 1. The molecule has 3 heteroatoms. The third kappa shape index (κ3) is 2.92. The molecule has 2 N–H and O–H groups in total. The summed E-state index contributed by atoms with van der Waals surface area (Å²) in [6.45, 7) is 6.55. The van der Waals surface area contributed by atoms with Gasteiger partial charge in [-0.05, 0) is 56.1 Å². The van der Waals surface area contributed by atoms with Crippen molar-refractivity contribution >= 4 is 5.91 Å². The summed E-state index contributed by atoms with van der Waals surface area (Å²) in [5.74, 6) is 2.77. The van der Waals surface area contributed by atoms with E-state index in [9.17, 15) is 4.79 Å². The van der Waals surface area contributed by atoms with Crippen molar-refractivity contribution in [3.05, 3.63) is 29.3 Å². The third-order valence-electron chi connectivity index (χ3n) is 4.97. The zero-order valence-corrected chi connectivity index (χ0v) is 13.2. The lowest BCUT2D eigenvalue weighted by Crippen LogP contribution is -2.24. The van der Waals surface area contributed by atoms with Crippen molar-refractivity contribution < 1.29 is 9.53 Å². The monoisotopic (exact) mass is 287 g/mol. The number of hydrogen-bond acceptors (Lipinski definition) is 2. The average Bonchev–Trinajstić information content (AvgIpc) is 3.11. The number of fused-ring (bicyclic) bond motifs is 1. The number of carbonyl (C=O) groups excluding carboxylic acids is 1. The minimum Gasteiger partial charge on any atom is -0.487 e. The molecule has 1 saturated carbocycles. The van der Waals surface area contributed by atoms with Crippen molar-refractivity contribution in [2.75, 3.05) is 0 Å². The fourth-order valence-electron chi connectivity index (χ4n) is 3.76. The van der Waals surface area contributed by atoms with Gasteiger partial charge < -0.3 is 10.5 Å². The van der Waals surface area contributed by atoms with E-state index < -0.39 is 0 Å². The molecule has 1 aliphatic carbocycles. The van der Waals surface area contributed by atoms with Crippen LogP contribution in [0.4, 0.5) is 0 Å². The first kappa shape index (κ1) is 14.4. The largest absolute Gasteiger partial charge is 0.487 e. The van der Waals surface area contributed by atoms with Crippen molar-refractivity contribution in [1.29, 1.82) is 0 Å². The van der Waals surface area contributed by atoms with Gasteiger partial charge in [0, 0.05) is 18.4 Å². The van der Waals surface area contributed by atoms with Gasteiger partial charge in [-0.15, -0.1) is 0 Å². The van der Waals surface area contributed by atoms with Gasteiger partial charge in [-0.3, -0.25) is 4.79 Å². The van der Waals surface area contributed by atoms with Gasteiger partial charge in [0.2, 0.25) is 5.91 Å². The Balaban J connectivity index is 1.71. The third-order valence-corrected chi connectivity index (χ3v) is 4.97. The Morgan fingerprint density at radius 1 is 1.48 bits per heavy atom. The van der Waals surface area contributed by atoms with E-state index in [-0.39, 0.29) is 11.5 Å². The summed E-state index contributed by atoms with van der Waals surface area (Å²) in [4.78, 5) is 10.9. The molecule has 3 rings (SSSR count). The molecule has 1 aliphatic heterocycles. The molecule has 0 spiro atoms. The molecule has 0 aromatic heterocycles. The van der Waals surface area contributed by atoms with Crippen molar-refractivity contribution in [2.45, 2.75) is 58.0 Å². The predicted molar refractivity (Wildman–Crippen MR) is 83.3 cm³/mol. The normalized spacial score (nSPS) is 26.8. The van der Waals surface area contributed by atoms with Crippen LogP contribution in [0.2, 0.25) is 0 Å². The fourth-order valence-corrected chi connectivity index (χ4v) is 3.76. The Morgan fingerprint density at radius 2 is 2.24 bits per heavy atom. The first-order chi connectivity index (χ1) is 9.87. The van der Waals surface area contributed by atoms with E-state index in [1.54, 1.807) is 0 Å². The summed E-state index contributed by atoms with van der Waals surface area (Å²) in [7, 11) is 0. The summed E-state index contributed by atoms with van der Waals surface area (Å²) in [5, 5.41) is 0. The van der Waals surface area contributed by atoms with Gasteiger partial charge in [0.15, 0.2) is 0 Å². The number of benzene rings is 1. The first-order valence-corrected chi connectivity index (χ1v) is 7.96. The van der Waals surface area contributed by atoms with Crippen LogP contribution in [-0.2, 0) is 11.2 Å². The van der Waals surface area contributed by atoms with Crippen LogP contribution in [0, 0.1) is 11.8 Å². The quantitative estimate of drug-likeness (QED) is 0.902. The summed E-state index contributed by atoms with van der Waals surface area (Å²) >= 11 is 0. The van der Waals surface area contributed by atoms with Gasteiger partial charge in [0.25, 0.3) is 0 Å². The standard InChI is InChI=1S/C18H25NO2/c1-11(7-8-17(19)20)13-9-14(13)12-5-4-6-16-15(12)10-18(2,3)21-16/h4-6,11,13-14H,7-10H2,1-3H3,(H2,19,20). The molecule has 0 bridgehead atoms. The van der Waals surface area contributed by atoms with Gasteiger partial charge in [0.1, 0.15) is 11.4 Å². The van der Waals surface area contributed by atoms with Crippen LogP contribution in [0.1, 0.15) is 57.1 Å². The maximum atomic E-state index is 10.9. The second-order valence-corrected chi connectivity index (χ2v) is 7.35. The number of amides is 1. The lowest BCUT2D eigenvalue weighted by atomic mass is 9.91. The molecule has 0 saturated heterocycles. The molecule has 1 aromatic carbocycles. The minimum atomic E-state index is -0.185. The highest BCUT2D eigenvalue weighted by Gasteiger charge is 2.44. The van der Waals surface area contributed by atoms with Crippen LogP contribution >= 0.6 is 0 Å². The lowest BCUT2D eigenvalue weighted by molar-refractivity contribution is -0.118. The maximum Gasteiger partial charge on any atom is 0.217 e. The van der Waals surface area contributed by atoms with Crippen LogP contribution < -0.4 is 10.5 Å². The zero-order chi connectivity index (χ0) is 15.2. The number of carbonyl (C=O) groups is 1. The Labute approximate surface area is 126 Å².